The van der Waals surface area contributed by atoms with Gasteiger partial charge in [0.15, 0.2) is 0 Å². The first kappa shape index (κ1) is 18.7. The van der Waals surface area contributed by atoms with Gasteiger partial charge in [0.25, 0.3) is 0 Å². The fourth-order valence-corrected chi connectivity index (χ4v) is 3.46. The van der Waals surface area contributed by atoms with E-state index in [1.165, 1.54) is 19.1 Å². The fraction of sp³-hybridized carbons (Fsp3) is 0.167. The first-order chi connectivity index (χ1) is 12.9. The number of carbonyl (C=O) groups excluding carboxylic acids is 1. The van der Waals surface area contributed by atoms with Crippen molar-refractivity contribution in [3.05, 3.63) is 60.9 Å². The highest BCUT2D eigenvalue weighted by molar-refractivity contribution is 7.89. The minimum Gasteiger partial charge on any atom is -0.326 e. The van der Waals surface area contributed by atoms with Crippen molar-refractivity contribution in [1.29, 1.82) is 0 Å². The number of nitrogens with zero attached hydrogens (tertiary/aromatic N) is 3. The van der Waals surface area contributed by atoms with Crippen molar-refractivity contribution in [3.63, 3.8) is 0 Å². The van der Waals surface area contributed by atoms with E-state index in [2.05, 4.69) is 20.1 Å². The number of sulfonamides is 1. The van der Waals surface area contributed by atoms with Gasteiger partial charge in [0.2, 0.25) is 15.9 Å². The summed E-state index contributed by atoms with van der Waals surface area (Å²) >= 11 is 0. The number of pyridine rings is 1. The zero-order valence-corrected chi connectivity index (χ0v) is 15.5. The third-order valence-corrected chi connectivity index (χ3v) is 5.16. The number of rotatable bonds is 7. The fourth-order valence-electron chi connectivity index (χ4n) is 2.44. The number of aromatic nitrogens is 3. The molecule has 0 saturated carbocycles. The molecule has 1 aromatic carbocycles. The molecule has 0 aliphatic rings. The van der Waals surface area contributed by atoms with Gasteiger partial charge in [-0.15, -0.1) is 0 Å². The van der Waals surface area contributed by atoms with E-state index >= 15 is 0 Å². The van der Waals surface area contributed by atoms with Crippen LogP contribution >= 0.6 is 0 Å². The summed E-state index contributed by atoms with van der Waals surface area (Å²) in [6.07, 6.45) is 3.47. The standard InChI is InChI=1S/C18H19N5O3S/c1-14(24)21-15-5-7-16(8-6-15)27(25,26)20-11-13-23-12-9-18(22-23)17-4-2-3-10-19-17/h2-10,12,20H,11,13H2,1H3,(H,21,24). The van der Waals surface area contributed by atoms with Crippen molar-refractivity contribution in [3.8, 4) is 11.4 Å². The number of hydrogen-bond acceptors (Lipinski definition) is 5. The minimum atomic E-state index is -3.64. The Balaban J connectivity index is 1.58. The summed E-state index contributed by atoms with van der Waals surface area (Å²) in [6.45, 7) is 1.97. The lowest BCUT2D eigenvalue weighted by molar-refractivity contribution is -0.114. The summed E-state index contributed by atoms with van der Waals surface area (Å²) in [5.74, 6) is -0.215. The Kier molecular flexibility index (Phi) is 5.63. The molecular weight excluding hydrogens is 366 g/mol. The van der Waals surface area contributed by atoms with E-state index in [0.717, 1.165) is 11.4 Å². The van der Waals surface area contributed by atoms with Crippen molar-refractivity contribution in [1.82, 2.24) is 19.5 Å². The van der Waals surface area contributed by atoms with Gasteiger partial charge in [-0.1, -0.05) is 6.07 Å². The van der Waals surface area contributed by atoms with Gasteiger partial charge in [0, 0.05) is 31.5 Å². The number of anilines is 1. The van der Waals surface area contributed by atoms with Crippen molar-refractivity contribution in [2.24, 2.45) is 0 Å². The molecule has 2 heterocycles. The van der Waals surface area contributed by atoms with Crippen LogP contribution in [-0.2, 0) is 21.4 Å². The Labute approximate surface area is 157 Å². The molecule has 140 valence electrons. The third-order valence-electron chi connectivity index (χ3n) is 3.69. The zero-order chi connectivity index (χ0) is 19.3. The highest BCUT2D eigenvalue weighted by Crippen LogP contribution is 2.14. The van der Waals surface area contributed by atoms with Crippen LogP contribution in [0.2, 0.25) is 0 Å². The molecule has 3 aromatic rings. The Morgan fingerprint density at radius 3 is 2.52 bits per heavy atom. The average Bonchev–Trinajstić information content (AvgIpc) is 3.11. The molecule has 0 atom stereocenters. The van der Waals surface area contributed by atoms with Gasteiger partial charge >= 0.3 is 0 Å². The first-order valence-corrected chi connectivity index (χ1v) is 9.74. The highest BCUT2D eigenvalue weighted by atomic mass is 32.2. The Bertz CT molecular complexity index is 1010. The van der Waals surface area contributed by atoms with E-state index in [1.54, 1.807) is 29.2 Å². The average molecular weight is 385 g/mol. The van der Waals surface area contributed by atoms with Crippen LogP contribution in [0.1, 0.15) is 6.92 Å². The van der Waals surface area contributed by atoms with Crippen molar-refractivity contribution < 1.29 is 13.2 Å². The predicted octanol–water partition coefficient (Wildman–Crippen LogP) is 1.88. The SMILES string of the molecule is CC(=O)Nc1ccc(S(=O)(=O)NCCn2ccc(-c3ccccn3)n2)cc1. The monoisotopic (exact) mass is 385 g/mol. The summed E-state index contributed by atoms with van der Waals surface area (Å²) < 4.78 is 28.9. The van der Waals surface area contributed by atoms with Gasteiger partial charge in [-0.05, 0) is 42.5 Å². The van der Waals surface area contributed by atoms with Gasteiger partial charge in [-0.2, -0.15) is 5.10 Å². The topological polar surface area (TPSA) is 106 Å². The molecule has 0 aliphatic carbocycles. The van der Waals surface area contributed by atoms with Crippen LogP contribution in [-0.4, -0.2) is 35.6 Å². The predicted molar refractivity (Wildman–Crippen MR) is 101 cm³/mol. The van der Waals surface area contributed by atoms with Gasteiger partial charge in [-0.25, -0.2) is 13.1 Å². The Hall–Kier alpha value is -3.04. The summed E-state index contributed by atoms with van der Waals surface area (Å²) in [5, 5.41) is 6.98. The van der Waals surface area contributed by atoms with E-state index in [0.29, 0.717) is 12.2 Å². The number of hydrogen-bond donors (Lipinski definition) is 2. The Morgan fingerprint density at radius 2 is 1.85 bits per heavy atom. The maximum atomic E-state index is 12.3. The quantitative estimate of drug-likeness (QED) is 0.646. The van der Waals surface area contributed by atoms with Gasteiger partial charge in [-0.3, -0.25) is 14.5 Å². The van der Waals surface area contributed by atoms with Crippen LogP contribution < -0.4 is 10.0 Å². The summed E-state index contributed by atoms with van der Waals surface area (Å²) in [7, 11) is -3.64. The third kappa shape index (κ3) is 4.99. The molecule has 0 aliphatic heterocycles. The zero-order valence-electron chi connectivity index (χ0n) is 14.7. The first-order valence-electron chi connectivity index (χ1n) is 8.26. The molecule has 0 bridgehead atoms. The molecule has 2 aromatic heterocycles. The minimum absolute atomic E-state index is 0.131. The highest BCUT2D eigenvalue weighted by Gasteiger charge is 2.13. The van der Waals surface area contributed by atoms with Gasteiger partial charge in [0.1, 0.15) is 5.69 Å². The second-order valence-electron chi connectivity index (χ2n) is 5.78. The maximum Gasteiger partial charge on any atom is 0.240 e. The van der Waals surface area contributed by atoms with Crippen LogP contribution in [0.25, 0.3) is 11.4 Å². The van der Waals surface area contributed by atoms with E-state index in [4.69, 9.17) is 0 Å². The molecular formula is C18H19N5O3S. The van der Waals surface area contributed by atoms with Crippen LogP contribution in [0.5, 0.6) is 0 Å². The molecule has 0 spiro atoms. The number of benzene rings is 1. The summed E-state index contributed by atoms with van der Waals surface area (Å²) in [4.78, 5) is 15.4. The summed E-state index contributed by atoms with van der Waals surface area (Å²) in [6, 6.07) is 13.4. The van der Waals surface area contributed by atoms with E-state index in [-0.39, 0.29) is 17.3 Å². The molecule has 3 rings (SSSR count). The maximum absolute atomic E-state index is 12.3. The van der Waals surface area contributed by atoms with Crippen molar-refractivity contribution in [2.75, 3.05) is 11.9 Å². The van der Waals surface area contributed by atoms with Crippen LogP contribution in [0, 0.1) is 0 Å². The normalized spacial score (nSPS) is 11.3. The van der Waals surface area contributed by atoms with E-state index in [9.17, 15) is 13.2 Å². The molecule has 0 unspecified atom stereocenters. The van der Waals surface area contributed by atoms with E-state index in [1.807, 2.05) is 24.3 Å². The van der Waals surface area contributed by atoms with Gasteiger partial charge < -0.3 is 5.32 Å². The summed E-state index contributed by atoms with van der Waals surface area (Å²) in [5.41, 5.74) is 2.03. The second kappa shape index (κ2) is 8.11. The molecule has 8 nitrogen and oxygen atoms in total. The van der Waals surface area contributed by atoms with Crippen molar-refractivity contribution >= 4 is 21.6 Å². The largest absolute Gasteiger partial charge is 0.326 e. The molecule has 27 heavy (non-hydrogen) atoms. The molecule has 0 radical (unpaired) electrons. The lowest BCUT2D eigenvalue weighted by Crippen LogP contribution is -2.27. The molecule has 9 heteroatoms. The number of amides is 1. The van der Waals surface area contributed by atoms with Crippen LogP contribution in [0.4, 0.5) is 5.69 Å². The van der Waals surface area contributed by atoms with E-state index < -0.39 is 10.0 Å². The molecule has 0 fully saturated rings. The Morgan fingerprint density at radius 1 is 1.07 bits per heavy atom. The van der Waals surface area contributed by atoms with Crippen LogP contribution in [0.15, 0.2) is 65.8 Å². The molecule has 0 saturated heterocycles. The lowest BCUT2D eigenvalue weighted by atomic mass is 10.3. The molecule has 2 N–H and O–H groups in total. The van der Waals surface area contributed by atoms with Crippen molar-refractivity contribution in [2.45, 2.75) is 18.4 Å². The number of carbonyl (C=O) groups is 1. The smallest absolute Gasteiger partial charge is 0.240 e. The molecule has 1 amide bonds. The van der Waals surface area contributed by atoms with Gasteiger partial charge in [0.05, 0.1) is 17.1 Å². The second-order valence-corrected chi connectivity index (χ2v) is 7.55. The number of nitrogens with one attached hydrogen (secondary N) is 2. The van der Waals surface area contributed by atoms with Crippen LogP contribution in [0.3, 0.4) is 0 Å². The lowest BCUT2D eigenvalue weighted by Gasteiger charge is -2.08.